The molecule has 24 heavy (non-hydrogen) atoms. The molecule has 1 fully saturated rings. The van der Waals surface area contributed by atoms with Crippen molar-refractivity contribution in [3.8, 4) is 0 Å². The number of nitro groups is 1. The van der Waals surface area contributed by atoms with Gasteiger partial charge in [0, 0.05) is 30.9 Å². The molecule has 0 aliphatic carbocycles. The van der Waals surface area contributed by atoms with Crippen LogP contribution in [0.1, 0.15) is 45.3 Å². The van der Waals surface area contributed by atoms with Crippen LogP contribution in [0, 0.1) is 17.0 Å². The summed E-state index contributed by atoms with van der Waals surface area (Å²) in [4.78, 5) is 36.3. The average molecular weight is 337 g/mol. The van der Waals surface area contributed by atoms with Crippen molar-refractivity contribution >= 4 is 11.8 Å². The minimum atomic E-state index is -0.659. The Kier molecular flexibility index (Phi) is 4.96. The first-order chi connectivity index (χ1) is 11.1. The summed E-state index contributed by atoms with van der Waals surface area (Å²) in [6.45, 7) is 8.09. The van der Waals surface area contributed by atoms with Gasteiger partial charge in [-0.1, -0.05) is 0 Å². The van der Waals surface area contributed by atoms with Gasteiger partial charge in [0.1, 0.15) is 5.60 Å². The van der Waals surface area contributed by atoms with E-state index in [1.807, 2.05) is 20.8 Å². The molecule has 2 rings (SSSR count). The van der Waals surface area contributed by atoms with Crippen molar-refractivity contribution in [2.45, 2.75) is 52.2 Å². The predicted molar refractivity (Wildman–Crippen MR) is 88.2 cm³/mol. The van der Waals surface area contributed by atoms with Crippen LogP contribution in [0.5, 0.6) is 0 Å². The fraction of sp³-hybridized carbons (Fsp3) is 0.625. The molecule has 0 bridgehead atoms. The second kappa shape index (κ2) is 6.62. The van der Waals surface area contributed by atoms with Gasteiger partial charge in [-0.2, -0.15) is 0 Å². The molecule has 0 spiro atoms. The first-order valence-electron chi connectivity index (χ1n) is 7.94. The van der Waals surface area contributed by atoms with E-state index in [4.69, 9.17) is 4.74 Å². The Balaban J connectivity index is 2.13. The number of carbonyl (C=O) groups is 1. The number of hydrogen-bond acceptors (Lipinski definition) is 5. The lowest BCUT2D eigenvalue weighted by molar-refractivity contribution is -0.386. The topological polar surface area (TPSA) is 94.7 Å². The Morgan fingerprint density at radius 1 is 1.29 bits per heavy atom. The summed E-state index contributed by atoms with van der Waals surface area (Å²) in [5.41, 5.74) is -0.881. The Bertz CT molecular complexity index is 697. The fourth-order valence-electron chi connectivity index (χ4n) is 2.86. The molecular formula is C16H23N3O5. The molecular weight excluding hydrogens is 314 g/mol. The number of carbonyl (C=O) groups excluding carboxylic acids is 1. The summed E-state index contributed by atoms with van der Waals surface area (Å²) in [7, 11) is 0. The molecule has 0 N–H and O–H groups in total. The van der Waals surface area contributed by atoms with Crippen LogP contribution in [-0.2, 0) is 4.74 Å². The quantitative estimate of drug-likeness (QED) is 0.611. The van der Waals surface area contributed by atoms with E-state index in [1.54, 1.807) is 17.9 Å². The number of hydrogen-bond donors (Lipinski definition) is 0. The molecule has 1 aliphatic rings. The highest BCUT2D eigenvalue weighted by Crippen LogP contribution is 2.24. The Hall–Kier alpha value is -2.38. The molecule has 8 heteroatoms. The maximum atomic E-state index is 12.3. The van der Waals surface area contributed by atoms with Crippen molar-refractivity contribution in [2.24, 2.45) is 0 Å². The highest BCUT2D eigenvalue weighted by Gasteiger charge is 2.29. The third-order valence-corrected chi connectivity index (χ3v) is 3.98. The van der Waals surface area contributed by atoms with Gasteiger partial charge in [-0.15, -0.1) is 0 Å². The largest absolute Gasteiger partial charge is 0.444 e. The number of piperidine rings is 1. The number of aryl methyl sites for hydroxylation is 1. The molecule has 0 unspecified atom stereocenters. The summed E-state index contributed by atoms with van der Waals surface area (Å²) in [5.74, 6) is 0. The zero-order valence-corrected chi connectivity index (χ0v) is 14.4. The molecule has 0 saturated carbocycles. The van der Waals surface area contributed by atoms with Gasteiger partial charge in [0.05, 0.1) is 4.92 Å². The van der Waals surface area contributed by atoms with Crippen LogP contribution in [0.15, 0.2) is 16.9 Å². The van der Waals surface area contributed by atoms with Gasteiger partial charge in [0.2, 0.25) is 0 Å². The molecule has 1 aromatic heterocycles. The number of aromatic nitrogens is 1. The van der Waals surface area contributed by atoms with Crippen LogP contribution < -0.4 is 5.56 Å². The summed E-state index contributed by atoms with van der Waals surface area (Å²) >= 11 is 0. The second-order valence-corrected chi connectivity index (χ2v) is 6.99. The molecule has 132 valence electrons. The molecule has 0 aromatic carbocycles. The Morgan fingerprint density at radius 2 is 1.88 bits per heavy atom. The third-order valence-electron chi connectivity index (χ3n) is 3.98. The molecule has 1 aromatic rings. The van der Waals surface area contributed by atoms with E-state index in [2.05, 4.69) is 0 Å². The number of amides is 1. The lowest BCUT2D eigenvalue weighted by Gasteiger charge is -2.34. The molecule has 1 aliphatic heterocycles. The van der Waals surface area contributed by atoms with E-state index in [9.17, 15) is 19.7 Å². The van der Waals surface area contributed by atoms with Gasteiger partial charge in [-0.3, -0.25) is 14.9 Å². The van der Waals surface area contributed by atoms with Crippen LogP contribution in [-0.4, -0.2) is 39.2 Å². The van der Waals surface area contributed by atoms with Gasteiger partial charge in [0.15, 0.2) is 0 Å². The number of nitrogens with zero attached hydrogens (tertiary/aromatic N) is 3. The lowest BCUT2D eigenvalue weighted by Crippen LogP contribution is -2.43. The molecule has 0 atom stereocenters. The van der Waals surface area contributed by atoms with E-state index in [0.29, 0.717) is 31.6 Å². The van der Waals surface area contributed by atoms with Crippen LogP contribution in [0.25, 0.3) is 0 Å². The third kappa shape index (κ3) is 3.93. The Labute approximate surface area is 140 Å². The second-order valence-electron chi connectivity index (χ2n) is 6.99. The van der Waals surface area contributed by atoms with E-state index < -0.39 is 21.8 Å². The molecule has 1 amide bonds. The molecule has 8 nitrogen and oxygen atoms in total. The van der Waals surface area contributed by atoms with Crippen LogP contribution >= 0.6 is 0 Å². The minimum Gasteiger partial charge on any atom is -0.444 e. The summed E-state index contributed by atoms with van der Waals surface area (Å²) in [5, 5.41) is 11.0. The zero-order valence-electron chi connectivity index (χ0n) is 14.4. The minimum absolute atomic E-state index is 0.156. The maximum Gasteiger partial charge on any atom is 0.410 e. The first-order valence-corrected chi connectivity index (χ1v) is 7.94. The lowest BCUT2D eigenvalue weighted by atomic mass is 10.0. The molecule has 1 saturated heterocycles. The van der Waals surface area contributed by atoms with E-state index >= 15 is 0 Å². The highest BCUT2D eigenvalue weighted by atomic mass is 16.6. The van der Waals surface area contributed by atoms with E-state index in [-0.39, 0.29) is 12.1 Å². The van der Waals surface area contributed by atoms with Gasteiger partial charge < -0.3 is 14.2 Å². The van der Waals surface area contributed by atoms with Gasteiger partial charge in [0.25, 0.3) is 0 Å². The van der Waals surface area contributed by atoms with Crippen molar-refractivity contribution in [3.63, 3.8) is 0 Å². The molecule has 2 heterocycles. The first kappa shape index (κ1) is 18.0. The Morgan fingerprint density at radius 3 is 2.38 bits per heavy atom. The summed E-state index contributed by atoms with van der Waals surface area (Å²) < 4.78 is 6.82. The van der Waals surface area contributed by atoms with Crippen LogP contribution in [0.4, 0.5) is 10.5 Å². The van der Waals surface area contributed by atoms with Crippen molar-refractivity contribution in [1.82, 2.24) is 9.47 Å². The monoisotopic (exact) mass is 337 g/mol. The highest BCUT2D eigenvalue weighted by molar-refractivity contribution is 5.68. The van der Waals surface area contributed by atoms with E-state index in [0.717, 1.165) is 0 Å². The van der Waals surface area contributed by atoms with Gasteiger partial charge in [-0.05, 0) is 46.6 Å². The summed E-state index contributed by atoms with van der Waals surface area (Å²) in [6, 6.07) is 2.67. The predicted octanol–water partition coefficient (Wildman–Crippen LogP) is 2.64. The van der Waals surface area contributed by atoms with Crippen molar-refractivity contribution in [3.05, 3.63) is 38.3 Å². The molecule has 0 radical (unpaired) electrons. The standard InChI is InChI=1S/C16H23N3O5/c1-11-5-6-13(19(22)23)14(20)18(11)12-7-9-17(10-8-12)15(21)24-16(2,3)4/h5-6,12H,7-10H2,1-4H3. The summed E-state index contributed by atoms with van der Waals surface area (Å²) in [6.07, 6.45) is 0.742. The fourth-order valence-corrected chi connectivity index (χ4v) is 2.86. The van der Waals surface area contributed by atoms with Crippen molar-refractivity contribution in [1.29, 1.82) is 0 Å². The smallest absolute Gasteiger partial charge is 0.410 e. The van der Waals surface area contributed by atoms with Crippen LogP contribution in [0.2, 0.25) is 0 Å². The zero-order chi connectivity index (χ0) is 18.1. The van der Waals surface area contributed by atoms with E-state index in [1.165, 1.54) is 10.6 Å². The van der Waals surface area contributed by atoms with Crippen LogP contribution in [0.3, 0.4) is 0 Å². The number of ether oxygens (including phenoxy) is 1. The SMILES string of the molecule is Cc1ccc([N+](=O)[O-])c(=O)n1C1CCN(C(=O)OC(C)(C)C)CC1. The average Bonchev–Trinajstić information content (AvgIpc) is 2.45. The normalized spacial score (nSPS) is 16.1. The number of rotatable bonds is 2. The maximum absolute atomic E-state index is 12.3. The van der Waals surface area contributed by atoms with Crippen molar-refractivity contribution < 1.29 is 14.5 Å². The van der Waals surface area contributed by atoms with Gasteiger partial charge in [-0.25, -0.2) is 4.79 Å². The van der Waals surface area contributed by atoms with Crippen molar-refractivity contribution in [2.75, 3.05) is 13.1 Å². The van der Waals surface area contributed by atoms with Gasteiger partial charge >= 0.3 is 17.3 Å². The number of likely N-dealkylation sites (tertiary alicyclic amines) is 1. The number of pyridine rings is 1.